The molecule has 0 radical (unpaired) electrons. The van der Waals surface area contributed by atoms with Gasteiger partial charge < -0.3 is 20.3 Å². The first kappa shape index (κ1) is 24.3. The van der Waals surface area contributed by atoms with E-state index in [-0.39, 0.29) is 4.90 Å². The van der Waals surface area contributed by atoms with E-state index in [9.17, 15) is 8.42 Å². The molecule has 32 heavy (non-hydrogen) atoms. The Kier molecular flexibility index (Phi) is 8.33. The van der Waals surface area contributed by atoms with E-state index in [1.807, 2.05) is 51.1 Å². The molecule has 2 aromatic carbocycles. The second kappa shape index (κ2) is 11.0. The fraction of sp³-hybridized carbons (Fsp3) is 0.435. The number of nitrogens with one attached hydrogen (secondary N) is 2. The third-order valence-electron chi connectivity index (χ3n) is 5.43. The van der Waals surface area contributed by atoms with Gasteiger partial charge in [-0.1, -0.05) is 13.8 Å². The average Bonchev–Trinajstić information content (AvgIpc) is 3.30. The van der Waals surface area contributed by atoms with Crippen LogP contribution in [-0.4, -0.2) is 50.6 Å². The van der Waals surface area contributed by atoms with Crippen molar-refractivity contribution in [3.63, 3.8) is 0 Å². The Morgan fingerprint density at radius 3 is 2.28 bits per heavy atom. The summed E-state index contributed by atoms with van der Waals surface area (Å²) in [5, 5.41) is 6.79. The first-order valence-corrected chi connectivity index (χ1v) is 12.9. The maximum atomic E-state index is 13.1. The second-order valence-corrected chi connectivity index (χ2v) is 9.85. The van der Waals surface area contributed by atoms with Gasteiger partial charge in [0.05, 0.1) is 22.9 Å². The zero-order chi connectivity index (χ0) is 23.1. The maximum absolute atomic E-state index is 13.1. The molecule has 3 rings (SSSR count). The van der Waals surface area contributed by atoms with Crippen LogP contribution in [0, 0.1) is 0 Å². The molecule has 0 saturated carbocycles. The molecule has 1 aliphatic rings. The van der Waals surface area contributed by atoms with Gasteiger partial charge in [0.15, 0.2) is 5.11 Å². The summed E-state index contributed by atoms with van der Waals surface area (Å²) in [5.41, 5.74) is 2.46. The third-order valence-corrected chi connectivity index (χ3v) is 7.68. The standard InChI is InChI=1S/C23H32N4O3S2/c1-4-27(5-2)32(28,29)20-13-14-22(26-15-7-8-16-26)21(17-20)25-23(31)24-18-9-11-19(12-10-18)30-6-3/h9-14,17H,4-8,15-16H2,1-3H3,(H2,24,25,31). The third kappa shape index (κ3) is 5.70. The van der Waals surface area contributed by atoms with Gasteiger partial charge in [-0.15, -0.1) is 0 Å². The minimum Gasteiger partial charge on any atom is -0.494 e. The molecule has 0 amide bonds. The summed E-state index contributed by atoms with van der Waals surface area (Å²) in [5.74, 6) is 0.794. The van der Waals surface area contributed by atoms with Crippen molar-refractivity contribution in [2.24, 2.45) is 0 Å². The van der Waals surface area contributed by atoms with Crippen LogP contribution in [0.2, 0.25) is 0 Å². The van der Waals surface area contributed by atoms with Gasteiger partial charge in [0.25, 0.3) is 0 Å². The van der Waals surface area contributed by atoms with E-state index < -0.39 is 10.0 Å². The summed E-state index contributed by atoms with van der Waals surface area (Å²) in [7, 11) is -3.57. The van der Waals surface area contributed by atoms with E-state index in [0.717, 1.165) is 43.1 Å². The van der Waals surface area contributed by atoms with Crippen molar-refractivity contribution in [3.8, 4) is 5.75 Å². The Labute approximate surface area is 196 Å². The van der Waals surface area contributed by atoms with Crippen molar-refractivity contribution >= 4 is 44.4 Å². The molecule has 1 aliphatic heterocycles. The van der Waals surface area contributed by atoms with E-state index in [1.165, 1.54) is 4.31 Å². The zero-order valence-electron chi connectivity index (χ0n) is 18.9. The summed E-state index contributed by atoms with van der Waals surface area (Å²) in [6.07, 6.45) is 2.24. The van der Waals surface area contributed by atoms with E-state index in [4.69, 9.17) is 17.0 Å². The van der Waals surface area contributed by atoms with Gasteiger partial charge in [-0.05, 0) is 74.4 Å². The van der Waals surface area contributed by atoms with Crippen LogP contribution in [0.25, 0.3) is 0 Å². The Balaban J connectivity index is 1.85. The van der Waals surface area contributed by atoms with Crippen LogP contribution in [0.15, 0.2) is 47.4 Å². The van der Waals surface area contributed by atoms with Gasteiger partial charge in [0, 0.05) is 31.9 Å². The molecule has 0 atom stereocenters. The highest BCUT2D eigenvalue weighted by Crippen LogP contribution is 2.32. The van der Waals surface area contributed by atoms with Gasteiger partial charge >= 0.3 is 0 Å². The van der Waals surface area contributed by atoms with Crippen molar-refractivity contribution in [3.05, 3.63) is 42.5 Å². The largest absolute Gasteiger partial charge is 0.494 e. The van der Waals surface area contributed by atoms with Crippen LogP contribution in [0.3, 0.4) is 0 Å². The Morgan fingerprint density at radius 1 is 1.03 bits per heavy atom. The van der Waals surface area contributed by atoms with Crippen LogP contribution in [-0.2, 0) is 10.0 Å². The molecule has 1 fully saturated rings. The topological polar surface area (TPSA) is 73.9 Å². The molecule has 0 bridgehead atoms. The van der Waals surface area contributed by atoms with Crippen molar-refractivity contribution in [2.45, 2.75) is 38.5 Å². The molecule has 174 valence electrons. The van der Waals surface area contributed by atoms with Crippen molar-refractivity contribution < 1.29 is 13.2 Å². The number of anilines is 3. The Hall–Kier alpha value is -2.36. The van der Waals surface area contributed by atoms with Crippen molar-refractivity contribution in [1.29, 1.82) is 0 Å². The molecule has 0 unspecified atom stereocenters. The molecule has 1 heterocycles. The van der Waals surface area contributed by atoms with Crippen molar-refractivity contribution in [1.82, 2.24) is 4.31 Å². The Morgan fingerprint density at radius 2 is 1.69 bits per heavy atom. The summed E-state index contributed by atoms with van der Waals surface area (Å²) >= 11 is 5.54. The molecule has 1 saturated heterocycles. The van der Waals surface area contributed by atoms with Crippen LogP contribution >= 0.6 is 12.2 Å². The van der Waals surface area contributed by atoms with Crippen molar-refractivity contribution in [2.75, 3.05) is 48.3 Å². The van der Waals surface area contributed by atoms with Crippen LogP contribution in [0.1, 0.15) is 33.6 Å². The first-order chi connectivity index (χ1) is 15.4. The fourth-order valence-electron chi connectivity index (χ4n) is 3.81. The molecular formula is C23H32N4O3S2. The molecule has 7 nitrogen and oxygen atoms in total. The number of hydrogen-bond acceptors (Lipinski definition) is 5. The van der Waals surface area contributed by atoms with Crippen LogP contribution in [0.5, 0.6) is 5.75 Å². The molecule has 0 aromatic heterocycles. The minimum absolute atomic E-state index is 0.260. The second-order valence-electron chi connectivity index (χ2n) is 7.50. The zero-order valence-corrected chi connectivity index (χ0v) is 20.6. The monoisotopic (exact) mass is 476 g/mol. The number of ether oxygens (including phenoxy) is 1. The number of sulfonamides is 1. The minimum atomic E-state index is -3.57. The highest BCUT2D eigenvalue weighted by molar-refractivity contribution is 7.89. The molecule has 9 heteroatoms. The normalized spacial score (nSPS) is 13.9. The van der Waals surface area contributed by atoms with Gasteiger partial charge in [-0.25, -0.2) is 8.42 Å². The predicted molar refractivity (Wildman–Crippen MR) is 135 cm³/mol. The molecule has 0 aliphatic carbocycles. The highest BCUT2D eigenvalue weighted by atomic mass is 32.2. The lowest BCUT2D eigenvalue weighted by molar-refractivity contribution is 0.340. The van der Waals surface area contributed by atoms with E-state index >= 15 is 0 Å². The average molecular weight is 477 g/mol. The summed E-state index contributed by atoms with van der Waals surface area (Å²) < 4.78 is 33.1. The summed E-state index contributed by atoms with van der Waals surface area (Å²) in [4.78, 5) is 2.52. The van der Waals surface area contributed by atoms with E-state index in [2.05, 4.69) is 15.5 Å². The maximum Gasteiger partial charge on any atom is 0.243 e. The van der Waals surface area contributed by atoms with Crippen LogP contribution < -0.4 is 20.3 Å². The lowest BCUT2D eigenvalue weighted by atomic mass is 10.2. The predicted octanol–water partition coefficient (Wildman–Crippen LogP) is 4.52. The summed E-state index contributed by atoms with van der Waals surface area (Å²) in [6.45, 7) is 8.96. The van der Waals surface area contributed by atoms with Gasteiger partial charge in [0.1, 0.15) is 5.75 Å². The van der Waals surface area contributed by atoms with Gasteiger partial charge in [-0.2, -0.15) is 4.31 Å². The smallest absolute Gasteiger partial charge is 0.243 e. The molecule has 2 N–H and O–H groups in total. The van der Waals surface area contributed by atoms with Gasteiger partial charge in [0.2, 0.25) is 10.0 Å². The van der Waals surface area contributed by atoms with Crippen LogP contribution in [0.4, 0.5) is 17.1 Å². The number of benzene rings is 2. The molecule has 0 spiro atoms. The molecular weight excluding hydrogens is 444 g/mol. The highest BCUT2D eigenvalue weighted by Gasteiger charge is 2.24. The first-order valence-electron chi connectivity index (χ1n) is 11.1. The summed E-state index contributed by atoms with van der Waals surface area (Å²) in [6, 6.07) is 12.8. The lowest BCUT2D eigenvalue weighted by Crippen LogP contribution is -2.31. The number of thiocarbonyl (C=S) groups is 1. The van der Waals surface area contributed by atoms with Gasteiger partial charge in [-0.3, -0.25) is 0 Å². The number of hydrogen-bond donors (Lipinski definition) is 2. The SMILES string of the molecule is CCOc1ccc(NC(=S)Nc2cc(S(=O)(=O)N(CC)CC)ccc2N2CCCC2)cc1. The number of rotatable bonds is 9. The quantitative estimate of drug-likeness (QED) is 0.515. The Bertz CT molecular complexity index is 1020. The lowest BCUT2D eigenvalue weighted by Gasteiger charge is -2.24. The van der Waals surface area contributed by atoms with E-state index in [1.54, 1.807) is 12.1 Å². The van der Waals surface area contributed by atoms with E-state index in [0.29, 0.717) is 30.5 Å². The fourth-order valence-corrected chi connectivity index (χ4v) is 5.52. The molecule has 2 aromatic rings. The number of nitrogens with zero attached hydrogens (tertiary/aromatic N) is 2.